The predicted octanol–water partition coefficient (Wildman–Crippen LogP) is 4.53. The maximum atomic E-state index is 15.2. The van der Waals surface area contributed by atoms with Crippen molar-refractivity contribution in [3.05, 3.63) is 93.1 Å². The Hall–Kier alpha value is -4.03. The van der Waals surface area contributed by atoms with Gasteiger partial charge in [0.2, 0.25) is 11.9 Å². The number of rotatable bonds is 5. The molecule has 0 saturated heterocycles. The number of ether oxygens (including phenoxy) is 1. The quantitative estimate of drug-likeness (QED) is 0.331. The van der Waals surface area contributed by atoms with Crippen molar-refractivity contribution in [3.8, 4) is 17.0 Å². The van der Waals surface area contributed by atoms with Crippen molar-refractivity contribution in [3.63, 3.8) is 0 Å². The molecular formula is C26H23F5N4O3. The van der Waals surface area contributed by atoms with Gasteiger partial charge in [0.15, 0.2) is 11.5 Å². The number of hydroxylamine groups is 2. The molecule has 1 aliphatic rings. The Bertz CT molecular complexity index is 1430. The van der Waals surface area contributed by atoms with E-state index in [4.69, 9.17) is 4.74 Å². The first-order chi connectivity index (χ1) is 17.8. The first kappa shape index (κ1) is 27.0. The summed E-state index contributed by atoms with van der Waals surface area (Å²) >= 11 is 0. The molecule has 38 heavy (non-hydrogen) atoms. The lowest BCUT2D eigenvalue weighted by Gasteiger charge is -2.26. The Labute approximate surface area is 214 Å². The number of benzene rings is 2. The molecule has 0 radical (unpaired) electrons. The Balaban J connectivity index is 1.68. The smallest absolute Gasteiger partial charge is 0.416 e. The lowest BCUT2D eigenvalue weighted by molar-refractivity contribution is -0.833. The van der Waals surface area contributed by atoms with Crippen LogP contribution in [0.2, 0.25) is 0 Å². The van der Waals surface area contributed by atoms with Crippen LogP contribution in [-0.2, 0) is 11.0 Å². The fourth-order valence-corrected chi connectivity index (χ4v) is 4.43. The molecule has 2 unspecified atom stereocenters. The molecule has 0 bridgehead atoms. The van der Waals surface area contributed by atoms with Gasteiger partial charge in [-0.2, -0.15) is 13.2 Å². The van der Waals surface area contributed by atoms with Gasteiger partial charge in [-0.3, -0.25) is 4.79 Å². The Morgan fingerprint density at radius 1 is 1.11 bits per heavy atom. The number of carbonyl (C=O) groups is 1. The molecule has 1 amide bonds. The summed E-state index contributed by atoms with van der Waals surface area (Å²) < 4.78 is 73.4. The van der Waals surface area contributed by atoms with E-state index >= 15 is 4.39 Å². The van der Waals surface area contributed by atoms with Crippen molar-refractivity contribution in [2.75, 3.05) is 12.4 Å². The Morgan fingerprint density at radius 2 is 1.76 bits per heavy atom. The van der Waals surface area contributed by atoms with Crippen LogP contribution >= 0.6 is 0 Å². The van der Waals surface area contributed by atoms with E-state index in [0.29, 0.717) is 16.7 Å². The minimum absolute atomic E-state index is 0.0571. The number of nitrogens with one attached hydrogen (secondary N) is 3. The summed E-state index contributed by atoms with van der Waals surface area (Å²) in [4.78, 5) is 17.2. The summed E-state index contributed by atoms with van der Waals surface area (Å²) in [6.07, 6.45) is -6.01. The van der Waals surface area contributed by atoms with Gasteiger partial charge in [0.1, 0.15) is 17.3 Å². The number of quaternary nitrogens is 1. The van der Waals surface area contributed by atoms with E-state index in [2.05, 4.69) is 15.6 Å². The van der Waals surface area contributed by atoms with E-state index in [1.165, 1.54) is 32.2 Å². The van der Waals surface area contributed by atoms with Gasteiger partial charge in [-0.1, -0.05) is 6.07 Å². The summed E-state index contributed by atoms with van der Waals surface area (Å²) in [6, 6.07) is 7.57. The minimum Gasteiger partial charge on any atom is -0.627 e. The fourth-order valence-electron chi connectivity index (χ4n) is 4.43. The first-order valence-electron chi connectivity index (χ1n) is 11.3. The monoisotopic (exact) mass is 534 g/mol. The number of pyridine rings is 1. The largest absolute Gasteiger partial charge is 0.627 e. The number of carbonyl (C=O) groups excluding carboxylic acids is 1. The molecule has 2 aromatic carbocycles. The average molecular weight is 534 g/mol. The Kier molecular flexibility index (Phi) is 7.13. The minimum atomic E-state index is -4.62. The van der Waals surface area contributed by atoms with Crippen LogP contribution in [0.3, 0.4) is 0 Å². The summed E-state index contributed by atoms with van der Waals surface area (Å²) in [5.41, 5.74) is -0.0699. The zero-order valence-electron chi connectivity index (χ0n) is 20.7. The highest BCUT2D eigenvalue weighted by Gasteiger charge is 2.39. The van der Waals surface area contributed by atoms with Crippen molar-refractivity contribution in [1.29, 1.82) is 0 Å². The number of aromatic nitrogens is 1. The molecule has 2 atom stereocenters. The molecule has 3 aromatic rings. The van der Waals surface area contributed by atoms with Gasteiger partial charge in [-0.15, -0.1) is 0 Å². The fraction of sp³-hybridized carbons (Fsp3) is 0.231. The maximum absolute atomic E-state index is 15.2. The number of methoxy groups -OCH3 is 1. The van der Waals surface area contributed by atoms with Gasteiger partial charge in [0.25, 0.3) is 0 Å². The van der Waals surface area contributed by atoms with Crippen molar-refractivity contribution in [1.82, 2.24) is 10.3 Å². The highest BCUT2D eigenvalue weighted by Crippen LogP contribution is 2.36. The zero-order valence-corrected chi connectivity index (χ0v) is 20.7. The van der Waals surface area contributed by atoms with Crippen molar-refractivity contribution in [2.45, 2.75) is 33.1 Å². The second kappa shape index (κ2) is 10.0. The van der Waals surface area contributed by atoms with Gasteiger partial charge in [0, 0.05) is 17.3 Å². The highest BCUT2D eigenvalue weighted by molar-refractivity contribution is 6.02. The molecule has 2 heterocycles. The van der Waals surface area contributed by atoms with Crippen LogP contribution in [0, 0.1) is 30.7 Å². The molecule has 1 aliphatic heterocycles. The van der Waals surface area contributed by atoms with E-state index in [1.807, 2.05) is 0 Å². The van der Waals surface area contributed by atoms with Crippen molar-refractivity contribution < 1.29 is 36.5 Å². The third-order valence-electron chi connectivity index (χ3n) is 6.12. The zero-order chi connectivity index (χ0) is 27.9. The van der Waals surface area contributed by atoms with E-state index in [9.17, 15) is 27.6 Å². The molecule has 12 heteroatoms. The standard InChI is InChI=1S/C26H23F5N4O3/c1-12-8-16(27)9-13(2)20(12)22-19(38-4)11-18(28)21(34-22)24-32-14(3)23(35(24)37)25(36)33-17-7-5-6-15(10-17)26(29,30)31/h5-11,24,32,35H,1-4H3,(H,33,36). The summed E-state index contributed by atoms with van der Waals surface area (Å²) in [6.45, 7) is 4.71. The normalized spacial score (nSPS) is 17.4. The van der Waals surface area contributed by atoms with E-state index < -0.39 is 40.5 Å². The number of anilines is 1. The molecule has 7 nitrogen and oxygen atoms in total. The summed E-state index contributed by atoms with van der Waals surface area (Å²) in [7, 11) is 1.31. The summed E-state index contributed by atoms with van der Waals surface area (Å²) in [5.74, 6) is -2.25. The maximum Gasteiger partial charge on any atom is 0.416 e. The average Bonchev–Trinajstić information content (AvgIpc) is 3.12. The van der Waals surface area contributed by atoms with Gasteiger partial charge in [0.05, 0.1) is 18.4 Å². The second-order valence-corrected chi connectivity index (χ2v) is 8.80. The van der Waals surface area contributed by atoms with Crippen LogP contribution in [-0.4, -0.2) is 18.0 Å². The third kappa shape index (κ3) is 5.04. The van der Waals surface area contributed by atoms with Gasteiger partial charge in [-0.05, 0) is 62.2 Å². The topological polar surface area (TPSA) is 90.8 Å². The van der Waals surface area contributed by atoms with E-state index in [-0.39, 0.29) is 34.2 Å². The number of aryl methyl sites for hydroxylation is 2. The highest BCUT2D eigenvalue weighted by atomic mass is 19.4. The number of nitrogens with zero attached hydrogens (tertiary/aromatic N) is 1. The second-order valence-electron chi connectivity index (χ2n) is 8.80. The molecule has 0 aliphatic carbocycles. The molecule has 0 fully saturated rings. The molecule has 1 aromatic heterocycles. The predicted molar refractivity (Wildman–Crippen MR) is 129 cm³/mol. The number of allylic oxidation sites excluding steroid dienone is 1. The van der Waals surface area contributed by atoms with Crippen LogP contribution in [0.1, 0.15) is 35.5 Å². The van der Waals surface area contributed by atoms with Crippen molar-refractivity contribution >= 4 is 11.6 Å². The molecule has 200 valence electrons. The van der Waals surface area contributed by atoms with Crippen LogP contribution in [0.25, 0.3) is 11.3 Å². The summed E-state index contributed by atoms with van der Waals surface area (Å²) in [5, 5.41) is 17.5. The lowest BCUT2D eigenvalue weighted by atomic mass is 9.98. The molecule has 0 saturated carbocycles. The van der Waals surface area contributed by atoms with E-state index in [0.717, 1.165) is 24.3 Å². The molecule has 0 spiro atoms. The third-order valence-corrected chi connectivity index (χ3v) is 6.12. The van der Waals surface area contributed by atoms with Crippen LogP contribution < -0.4 is 20.4 Å². The molecular weight excluding hydrogens is 511 g/mol. The van der Waals surface area contributed by atoms with Gasteiger partial charge < -0.3 is 25.6 Å². The molecule has 4 rings (SSSR count). The van der Waals surface area contributed by atoms with Crippen molar-refractivity contribution in [2.24, 2.45) is 0 Å². The SMILES string of the molecule is COc1cc(F)c(C2NC(C)=C(C(=O)Nc3cccc(C(F)(F)F)c3)[NH+]2[O-])nc1-c1c(C)cc(F)cc1C. The number of hydrogen-bond acceptors (Lipinski definition) is 5. The number of alkyl halides is 3. The lowest BCUT2D eigenvalue weighted by Crippen LogP contribution is -3.06. The van der Waals surface area contributed by atoms with Crippen LogP contribution in [0.15, 0.2) is 53.9 Å². The molecule has 3 N–H and O–H groups in total. The van der Waals surface area contributed by atoms with E-state index in [1.54, 1.807) is 13.8 Å². The first-order valence-corrected chi connectivity index (χ1v) is 11.3. The number of amides is 1. The van der Waals surface area contributed by atoms with Crippen LogP contribution in [0.5, 0.6) is 5.75 Å². The number of hydrogen-bond donors (Lipinski definition) is 3. The van der Waals surface area contributed by atoms with Gasteiger partial charge in [-0.25, -0.2) is 13.8 Å². The number of halogens is 5. The van der Waals surface area contributed by atoms with Crippen LogP contribution in [0.4, 0.5) is 27.6 Å². The van der Waals surface area contributed by atoms with Gasteiger partial charge >= 0.3 is 12.1 Å². The Morgan fingerprint density at radius 3 is 2.37 bits per heavy atom.